The van der Waals surface area contributed by atoms with Gasteiger partial charge in [0.1, 0.15) is 0 Å². The fraction of sp³-hybridized carbons (Fsp3) is 0.900. The molecule has 0 saturated heterocycles. The van der Waals surface area contributed by atoms with Gasteiger partial charge in [-0.1, -0.05) is 34.6 Å². The Labute approximate surface area is 70.4 Å². The van der Waals surface area contributed by atoms with Crippen LogP contribution in [0.1, 0.15) is 47.5 Å². The Bertz CT molecular complexity index is 155. The third-order valence-electron chi connectivity index (χ3n) is 1.57. The Balaban J connectivity index is 4.04. The lowest BCUT2D eigenvalue weighted by molar-refractivity contribution is 0.217. The van der Waals surface area contributed by atoms with Crippen LogP contribution in [0, 0.1) is 22.2 Å². The summed E-state index contributed by atoms with van der Waals surface area (Å²) in [6, 6.07) is 2.23. The van der Waals surface area contributed by atoms with Crippen molar-refractivity contribution in [1.29, 1.82) is 5.26 Å². The van der Waals surface area contributed by atoms with Crippen molar-refractivity contribution < 1.29 is 0 Å². The van der Waals surface area contributed by atoms with Gasteiger partial charge in [-0.3, -0.25) is 0 Å². The average Bonchev–Trinajstić information content (AvgIpc) is 1.55. The number of nitriles is 1. The van der Waals surface area contributed by atoms with E-state index in [0.29, 0.717) is 11.8 Å². The van der Waals surface area contributed by atoms with Crippen LogP contribution < -0.4 is 0 Å². The van der Waals surface area contributed by atoms with Gasteiger partial charge in [-0.25, -0.2) is 0 Å². The highest BCUT2D eigenvalue weighted by atomic mass is 14.3. The second kappa shape index (κ2) is 3.26. The van der Waals surface area contributed by atoms with E-state index in [2.05, 4.69) is 40.7 Å². The second-order valence-corrected chi connectivity index (χ2v) is 5.24. The molecule has 0 amide bonds. The molecule has 0 aliphatic carbocycles. The van der Waals surface area contributed by atoms with Crippen molar-refractivity contribution in [2.45, 2.75) is 47.5 Å². The summed E-state index contributed by atoms with van der Waals surface area (Å²) in [5.74, 6) is 0. The zero-order valence-corrected chi connectivity index (χ0v) is 8.36. The standard InChI is InChI=1S/C10H19N/c1-9(2,3)8-10(4,5)6-7-11/h6,8H2,1-5H3. The van der Waals surface area contributed by atoms with Gasteiger partial charge in [0.25, 0.3) is 0 Å². The van der Waals surface area contributed by atoms with Gasteiger partial charge in [0, 0.05) is 6.42 Å². The van der Waals surface area contributed by atoms with Crippen LogP contribution in [-0.2, 0) is 0 Å². The second-order valence-electron chi connectivity index (χ2n) is 5.24. The van der Waals surface area contributed by atoms with Crippen molar-refractivity contribution in [1.82, 2.24) is 0 Å². The minimum absolute atomic E-state index is 0.174. The molecule has 0 fully saturated rings. The zero-order chi connectivity index (χ0) is 9.12. The molecule has 0 aromatic carbocycles. The van der Waals surface area contributed by atoms with Gasteiger partial charge in [0.05, 0.1) is 6.07 Å². The number of hydrogen-bond donors (Lipinski definition) is 0. The third-order valence-corrected chi connectivity index (χ3v) is 1.57. The minimum Gasteiger partial charge on any atom is -0.198 e. The van der Waals surface area contributed by atoms with Crippen molar-refractivity contribution >= 4 is 0 Å². The van der Waals surface area contributed by atoms with E-state index in [1.54, 1.807) is 0 Å². The molecule has 0 bridgehead atoms. The van der Waals surface area contributed by atoms with E-state index >= 15 is 0 Å². The summed E-state index contributed by atoms with van der Waals surface area (Å²) in [4.78, 5) is 0. The molecular weight excluding hydrogens is 134 g/mol. The molecule has 1 nitrogen and oxygen atoms in total. The summed E-state index contributed by atoms with van der Waals surface area (Å²) < 4.78 is 0. The van der Waals surface area contributed by atoms with E-state index in [1.807, 2.05) is 0 Å². The normalized spacial score (nSPS) is 12.7. The molecule has 64 valence electrons. The molecule has 0 heterocycles. The third kappa shape index (κ3) is 5.91. The molecule has 0 spiro atoms. The van der Waals surface area contributed by atoms with Crippen LogP contribution in [0.15, 0.2) is 0 Å². The van der Waals surface area contributed by atoms with Gasteiger partial charge in [0.15, 0.2) is 0 Å². The van der Waals surface area contributed by atoms with Crippen molar-refractivity contribution in [3.63, 3.8) is 0 Å². The van der Waals surface area contributed by atoms with Crippen LogP contribution >= 0.6 is 0 Å². The summed E-state index contributed by atoms with van der Waals surface area (Å²) in [5.41, 5.74) is 0.507. The highest BCUT2D eigenvalue weighted by Gasteiger charge is 2.24. The van der Waals surface area contributed by atoms with Crippen molar-refractivity contribution in [3.05, 3.63) is 0 Å². The Morgan fingerprint density at radius 2 is 1.55 bits per heavy atom. The Morgan fingerprint density at radius 3 is 1.82 bits per heavy atom. The molecule has 0 aliphatic rings. The first kappa shape index (κ1) is 10.5. The first-order valence-electron chi connectivity index (χ1n) is 4.14. The topological polar surface area (TPSA) is 23.8 Å². The lowest BCUT2D eigenvalue weighted by Gasteiger charge is -2.30. The Kier molecular flexibility index (Phi) is 3.11. The van der Waals surface area contributed by atoms with Crippen LogP contribution in [-0.4, -0.2) is 0 Å². The molecule has 0 unspecified atom stereocenters. The van der Waals surface area contributed by atoms with Gasteiger partial charge in [0.2, 0.25) is 0 Å². The van der Waals surface area contributed by atoms with E-state index in [9.17, 15) is 0 Å². The van der Waals surface area contributed by atoms with Crippen molar-refractivity contribution in [2.75, 3.05) is 0 Å². The fourth-order valence-electron chi connectivity index (χ4n) is 1.71. The Hall–Kier alpha value is -0.510. The van der Waals surface area contributed by atoms with Gasteiger partial charge >= 0.3 is 0 Å². The van der Waals surface area contributed by atoms with Gasteiger partial charge < -0.3 is 0 Å². The van der Waals surface area contributed by atoms with E-state index in [4.69, 9.17) is 5.26 Å². The number of rotatable bonds is 2. The van der Waals surface area contributed by atoms with Crippen LogP contribution in [0.4, 0.5) is 0 Å². The predicted octanol–water partition coefficient (Wildman–Crippen LogP) is 3.36. The van der Waals surface area contributed by atoms with E-state index in [1.165, 1.54) is 0 Å². The molecule has 0 aliphatic heterocycles. The lowest BCUT2D eigenvalue weighted by atomic mass is 9.75. The van der Waals surface area contributed by atoms with Crippen LogP contribution in [0.5, 0.6) is 0 Å². The Morgan fingerprint density at radius 1 is 1.09 bits per heavy atom. The minimum atomic E-state index is 0.174. The summed E-state index contributed by atoms with van der Waals surface area (Å²) in [5, 5.41) is 8.55. The summed E-state index contributed by atoms with van der Waals surface area (Å²) >= 11 is 0. The van der Waals surface area contributed by atoms with Crippen LogP contribution in [0.25, 0.3) is 0 Å². The molecule has 0 rings (SSSR count). The summed E-state index contributed by atoms with van der Waals surface area (Å²) in [6.07, 6.45) is 1.76. The summed E-state index contributed by atoms with van der Waals surface area (Å²) in [6.45, 7) is 11.0. The molecule has 0 radical (unpaired) electrons. The molecular formula is C10H19N. The van der Waals surface area contributed by atoms with Gasteiger partial charge in [-0.05, 0) is 17.3 Å². The molecule has 0 saturated carbocycles. The fourth-order valence-corrected chi connectivity index (χ4v) is 1.71. The van der Waals surface area contributed by atoms with Gasteiger partial charge in [-0.15, -0.1) is 0 Å². The lowest BCUT2D eigenvalue weighted by Crippen LogP contribution is -2.19. The molecule has 1 heteroatoms. The highest BCUT2D eigenvalue weighted by Crippen LogP contribution is 2.35. The van der Waals surface area contributed by atoms with Crippen LogP contribution in [0.3, 0.4) is 0 Å². The van der Waals surface area contributed by atoms with E-state index in [-0.39, 0.29) is 5.41 Å². The SMILES string of the molecule is CC(C)(C)CC(C)(C)CC#N. The monoisotopic (exact) mass is 153 g/mol. The maximum atomic E-state index is 8.55. The smallest absolute Gasteiger partial charge is 0.0627 e. The molecule has 0 aromatic heterocycles. The van der Waals surface area contributed by atoms with E-state index < -0.39 is 0 Å². The first-order valence-corrected chi connectivity index (χ1v) is 4.14. The van der Waals surface area contributed by atoms with Crippen LogP contribution in [0.2, 0.25) is 0 Å². The largest absolute Gasteiger partial charge is 0.198 e. The molecule has 0 atom stereocenters. The molecule has 11 heavy (non-hydrogen) atoms. The highest BCUT2D eigenvalue weighted by molar-refractivity contribution is 4.85. The quantitative estimate of drug-likeness (QED) is 0.596. The van der Waals surface area contributed by atoms with Gasteiger partial charge in [-0.2, -0.15) is 5.26 Å². The zero-order valence-electron chi connectivity index (χ0n) is 8.36. The number of hydrogen-bond acceptors (Lipinski definition) is 1. The van der Waals surface area contributed by atoms with Crippen molar-refractivity contribution in [2.24, 2.45) is 10.8 Å². The van der Waals surface area contributed by atoms with E-state index in [0.717, 1.165) is 6.42 Å². The number of nitrogens with zero attached hydrogens (tertiary/aromatic N) is 1. The first-order chi connectivity index (χ1) is 4.77. The maximum Gasteiger partial charge on any atom is 0.0627 e. The molecule has 0 N–H and O–H groups in total. The predicted molar refractivity (Wildman–Crippen MR) is 48.1 cm³/mol. The van der Waals surface area contributed by atoms with Crippen molar-refractivity contribution in [3.8, 4) is 6.07 Å². The average molecular weight is 153 g/mol. The molecule has 0 aromatic rings. The summed E-state index contributed by atoms with van der Waals surface area (Å²) in [7, 11) is 0. The maximum absolute atomic E-state index is 8.55.